The normalized spacial score (nSPS) is 10.2. The summed E-state index contributed by atoms with van der Waals surface area (Å²) < 4.78 is 0. The van der Waals surface area contributed by atoms with Gasteiger partial charge in [0.15, 0.2) is 0 Å². The number of Topliss-reactive ketones (excluding diaryl/α,β-unsaturated/α-hetero) is 1. The van der Waals surface area contributed by atoms with E-state index in [2.05, 4.69) is 4.98 Å². The molecule has 3 heteroatoms. The van der Waals surface area contributed by atoms with Crippen molar-refractivity contribution >= 4 is 17.1 Å². The van der Waals surface area contributed by atoms with Crippen LogP contribution in [0.15, 0.2) is 35.8 Å². The average Bonchev–Trinajstić information content (AvgIpc) is 2.71. The fourth-order valence-corrected chi connectivity index (χ4v) is 2.06. The number of thiazole rings is 1. The molecular weight excluding hydrogens is 206 g/mol. The second-order valence-electron chi connectivity index (χ2n) is 3.41. The Morgan fingerprint density at radius 3 is 2.60 bits per heavy atom. The molecular formula is C12H11NOS. The lowest BCUT2D eigenvalue weighted by molar-refractivity contribution is -0.116. The van der Waals surface area contributed by atoms with Gasteiger partial charge in [0.1, 0.15) is 10.8 Å². The molecule has 0 atom stereocenters. The highest BCUT2D eigenvalue weighted by molar-refractivity contribution is 7.13. The van der Waals surface area contributed by atoms with Gasteiger partial charge in [0.05, 0.1) is 0 Å². The first-order valence-corrected chi connectivity index (χ1v) is 5.62. The van der Waals surface area contributed by atoms with Gasteiger partial charge in [0, 0.05) is 23.6 Å². The van der Waals surface area contributed by atoms with E-state index in [1.54, 1.807) is 24.5 Å². The third kappa shape index (κ3) is 2.50. The van der Waals surface area contributed by atoms with Gasteiger partial charge in [0.2, 0.25) is 0 Å². The lowest BCUT2D eigenvalue weighted by atomic mass is 10.1. The number of aromatic nitrogens is 1. The molecule has 2 aromatic rings. The maximum atomic E-state index is 10.9. The van der Waals surface area contributed by atoms with Crippen molar-refractivity contribution in [3.05, 3.63) is 41.4 Å². The van der Waals surface area contributed by atoms with Gasteiger partial charge >= 0.3 is 0 Å². The fourth-order valence-electron chi connectivity index (χ4n) is 1.42. The summed E-state index contributed by atoms with van der Waals surface area (Å²) in [6.45, 7) is 1.61. The largest absolute Gasteiger partial charge is 0.300 e. The first kappa shape index (κ1) is 10.1. The number of carbonyl (C=O) groups excluding carboxylic acids is 1. The molecule has 0 N–H and O–H groups in total. The van der Waals surface area contributed by atoms with E-state index in [1.807, 2.05) is 29.6 Å². The molecule has 0 unspecified atom stereocenters. The Hall–Kier alpha value is -1.48. The van der Waals surface area contributed by atoms with Gasteiger partial charge in [-0.1, -0.05) is 24.3 Å². The molecule has 15 heavy (non-hydrogen) atoms. The van der Waals surface area contributed by atoms with Crippen LogP contribution in [0.4, 0.5) is 0 Å². The van der Waals surface area contributed by atoms with E-state index in [4.69, 9.17) is 0 Å². The van der Waals surface area contributed by atoms with Gasteiger partial charge in [-0.3, -0.25) is 4.79 Å². The van der Waals surface area contributed by atoms with Gasteiger partial charge in [-0.2, -0.15) is 0 Å². The van der Waals surface area contributed by atoms with Crippen LogP contribution in [0.25, 0.3) is 10.6 Å². The van der Waals surface area contributed by atoms with Gasteiger partial charge in [-0.25, -0.2) is 4.98 Å². The van der Waals surface area contributed by atoms with Crippen LogP contribution in [0.1, 0.15) is 12.5 Å². The van der Waals surface area contributed by atoms with E-state index < -0.39 is 0 Å². The number of hydrogen-bond donors (Lipinski definition) is 0. The quantitative estimate of drug-likeness (QED) is 0.791. The second kappa shape index (κ2) is 4.36. The highest BCUT2D eigenvalue weighted by Gasteiger charge is 2.01. The van der Waals surface area contributed by atoms with E-state index in [9.17, 15) is 4.79 Å². The smallest absolute Gasteiger partial charge is 0.134 e. The maximum absolute atomic E-state index is 10.9. The molecule has 0 aliphatic carbocycles. The van der Waals surface area contributed by atoms with Gasteiger partial charge in [0.25, 0.3) is 0 Å². The summed E-state index contributed by atoms with van der Waals surface area (Å²) in [5, 5.41) is 2.98. The minimum absolute atomic E-state index is 0.192. The van der Waals surface area contributed by atoms with E-state index in [1.165, 1.54) is 0 Å². The zero-order chi connectivity index (χ0) is 10.7. The minimum Gasteiger partial charge on any atom is -0.300 e. The number of rotatable bonds is 3. The third-order valence-corrected chi connectivity index (χ3v) is 2.91. The van der Waals surface area contributed by atoms with Crippen molar-refractivity contribution in [2.75, 3.05) is 0 Å². The third-order valence-electron chi connectivity index (χ3n) is 2.09. The van der Waals surface area contributed by atoms with Crippen molar-refractivity contribution in [3.63, 3.8) is 0 Å². The molecule has 2 nitrogen and oxygen atoms in total. The molecule has 0 spiro atoms. The second-order valence-corrected chi connectivity index (χ2v) is 4.31. The number of carbonyl (C=O) groups is 1. The predicted molar refractivity (Wildman–Crippen MR) is 61.9 cm³/mol. The molecule has 0 amide bonds. The van der Waals surface area contributed by atoms with E-state index in [-0.39, 0.29) is 5.78 Å². The van der Waals surface area contributed by atoms with Crippen LogP contribution in [-0.4, -0.2) is 10.8 Å². The molecule has 1 heterocycles. The molecule has 1 aromatic heterocycles. The van der Waals surface area contributed by atoms with Crippen molar-refractivity contribution in [3.8, 4) is 10.6 Å². The van der Waals surface area contributed by atoms with Crippen LogP contribution in [0.3, 0.4) is 0 Å². The summed E-state index contributed by atoms with van der Waals surface area (Å²) in [6.07, 6.45) is 2.31. The Morgan fingerprint density at radius 1 is 1.33 bits per heavy atom. The fraction of sp³-hybridized carbons (Fsp3) is 0.167. The van der Waals surface area contributed by atoms with Crippen LogP contribution in [0.2, 0.25) is 0 Å². The lowest BCUT2D eigenvalue weighted by Gasteiger charge is -1.99. The highest BCUT2D eigenvalue weighted by Crippen LogP contribution is 2.21. The first-order chi connectivity index (χ1) is 7.25. The zero-order valence-electron chi connectivity index (χ0n) is 8.43. The topological polar surface area (TPSA) is 30.0 Å². The van der Waals surface area contributed by atoms with E-state index in [0.717, 1.165) is 16.1 Å². The monoisotopic (exact) mass is 217 g/mol. The Kier molecular flexibility index (Phi) is 2.92. The van der Waals surface area contributed by atoms with Crippen LogP contribution in [0.5, 0.6) is 0 Å². The number of nitrogens with zero attached hydrogens (tertiary/aromatic N) is 1. The highest BCUT2D eigenvalue weighted by atomic mass is 32.1. The Bertz CT molecular complexity index is 445. The SMILES string of the molecule is CC(=O)Cc1ccc(-c2nccs2)cc1. The van der Waals surface area contributed by atoms with Crippen LogP contribution >= 0.6 is 11.3 Å². The molecule has 76 valence electrons. The molecule has 0 aliphatic rings. The van der Waals surface area contributed by atoms with Crippen LogP contribution in [0, 0.1) is 0 Å². The molecule has 0 aliphatic heterocycles. The van der Waals surface area contributed by atoms with E-state index >= 15 is 0 Å². The summed E-state index contributed by atoms with van der Waals surface area (Å²) in [6, 6.07) is 7.99. The molecule has 2 rings (SSSR count). The molecule has 0 radical (unpaired) electrons. The molecule has 1 aromatic carbocycles. The summed E-state index contributed by atoms with van der Waals surface area (Å²) in [7, 11) is 0. The summed E-state index contributed by atoms with van der Waals surface area (Å²) in [5.74, 6) is 0.192. The van der Waals surface area contributed by atoms with Crippen LogP contribution < -0.4 is 0 Å². The maximum Gasteiger partial charge on any atom is 0.134 e. The minimum atomic E-state index is 0.192. The Labute approximate surface area is 92.6 Å². The molecule has 0 bridgehead atoms. The summed E-state index contributed by atoms with van der Waals surface area (Å²) >= 11 is 1.62. The van der Waals surface area contributed by atoms with Crippen molar-refractivity contribution in [2.45, 2.75) is 13.3 Å². The van der Waals surface area contributed by atoms with Gasteiger partial charge in [-0.05, 0) is 12.5 Å². The number of benzene rings is 1. The van der Waals surface area contributed by atoms with Crippen molar-refractivity contribution in [1.29, 1.82) is 0 Å². The number of ketones is 1. The van der Waals surface area contributed by atoms with Gasteiger partial charge < -0.3 is 0 Å². The molecule has 0 fully saturated rings. The predicted octanol–water partition coefficient (Wildman–Crippen LogP) is 2.94. The van der Waals surface area contributed by atoms with Crippen molar-refractivity contribution < 1.29 is 4.79 Å². The molecule has 0 saturated carbocycles. The average molecular weight is 217 g/mol. The zero-order valence-corrected chi connectivity index (χ0v) is 9.25. The van der Waals surface area contributed by atoms with Crippen molar-refractivity contribution in [2.24, 2.45) is 0 Å². The standard InChI is InChI=1S/C12H11NOS/c1-9(14)8-10-2-4-11(5-3-10)12-13-6-7-15-12/h2-7H,8H2,1H3. The van der Waals surface area contributed by atoms with Gasteiger partial charge in [-0.15, -0.1) is 11.3 Å². The summed E-state index contributed by atoms with van der Waals surface area (Å²) in [5.41, 5.74) is 2.17. The van der Waals surface area contributed by atoms with E-state index in [0.29, 0.717) is 6.42 Å². The lowest BCUT2D eigenvalue weighted by Crippen LogP contribution is -1.95. The Morgan fingerprint density at radius 2 is 2.07 bits per heavy atom. The summed E-state index contributed by atoms with van der Waals surface area (Å²) in [4.78, 5) is 15.1. The molecule has 0 saturated heterocycles. The Balaban J connectivity index is 2.21. The van der Waals surface area contributed by atoms with Crippen LogP contribution in [-0.2, 0) is 11.2 Å². The number of hydrogen-bond acceptors (Lipinski definition) is 3. The van der Waals surface area contributed by atoms with Crippen molar-refractivity contribution in [1.82, 2.24) is 4.98 Å². The first-order valence-electron chi connectivity index (χ1n) is 4.74.